The quantitative estimate of drug-likeness (QED) is 0.265. The van der Waals surface area contributed by atoms with Crippen LogP contribution in [0.2, 0.25) is 0 Å². The van der Waals surface area contributed by atoms with Crippen molar-refractivity contribution in [2.75, 3.05) is 19.7 Å². The average Bonchev–Trinajstić information content (AvgIpc) is 3.15. The lowest BCUT2D eigenvalue weighted by atomic mass is 10.1. The molecule has 4 aliphatic rings. The zero-order chi connectivity index (χ0) is 19.3. The number of ether oxygens (including phenoxy) is 1. The Morgan fingerprint density at radius 1 is 1.48 bits per heavy atom. The summed E-state index contributed by atoms with van der Waals surface area (Å²) in [5.41, 5.74) is 6.84. The second kappa shape index (κ2) is 7.13. The summed E-state index contributed by atoms with van der Waals surface area (Å²) in [7, 11) is 2.16. The van der Waals surface area contributed by atoms with Gasteiger partial charge in [-0.05, 0) is 13.1 Å². The van der Waals surface area contributed by atoms with Crippen LogP contribution in [0.3, 0.4) is 0 Å². The van der Waals surface area contributed by atoms with E-state index in [0.717, 1.165) is 18.8 Å². The van der Waals surface area contributed by atoms with Crippen LogP contribution in [-0.2, 0) is 13.8 Å². The smallest absolute Gasteiger partial charge is 0.385 e. The lowest BCUT2D eigenvalue weighted by Gasteiger charge is -2.39. The maximum absolute atomic E-state index is 10.9. The van der Waals surface area contributed by atoms with E-state index in [9.17, 15) is 10.00 Å². The Labute approximate surface area is 159 Å². The number of nitrogens with zero attached hydrogens (tertiary/aromatic N) is 3. The minimum atomic E-state index is -3.44. The molecule has 27 heavy (non-hydrogen) atoms. The van der Waals surface area contributed by atoms with Gasteiger partial charge in [0.2, 0.25) is 0 Å². The van der Waals surface area contributed by atoms with Crippen LogP contribution < -0.4 is 16.4 Å². The fraction of sp³-hybridized carbons (Fsp3) is 0.786. The molecule has 11 nitrogen and oxygen atoms in total. The van der Waals surface area contributed by atoms with Crippen molar-refractivity contribution in [2.45, 2.75) is 50.8 Å². The van der Waals surface area contributed by atoms with Crippen molar-refractivity contribution in [1.82, 2.24) is 20.4 Å². The topological polar surface area (TPSA) is 137 Å². The van der Waals surface area contributed by atoms with Gasteiger partial charge in [0.1, 0.15) is 30.8 Å². The van der Waals surface area contributed by atoms with E-state index in [1.54, 1.807) is 0 Å². The number of aliphatic hydroxyl groups excluding tert-OH is 1. The summed E-state index contributed by atoms with van der Waals surface area (Å²) in [6, 6.07) is 0. The predicted octanol–water partition coefficient (Wildman–Crippen LogP) is -2.06. The minimum Gasteiger partial charge on any atom is -0.385 e. The highest BCUT2D eigenvalue weighted by atomic mass is 31.2. The summed E-state index contributed by atoms with van der Waals surface area (Å²) < 4.78 is 16.6. The molecular weight excluding hydrogens is 374 g/mol. The molecule has 0 saturated carbocycles. The summed E-state index contributed by atoms with van der Waals surface area (Å²) in [5, 5.41) is 17.4. The van der Waals surface area contributed by atoms with Gasteiger partial charge in [-0.15, -0.1) is 0 Å². The van der Waals surface area contributed by atoms with Gasteiger partial charge in [-0.1, -0.05) is 13.8 Å². The van der Waals surface area contributed by atoms with Crippen molar-refractivity contribution >= 4 is 21.7 Å². The molecular formula is C14H25BN6O5P+. The number of hydrogen-bond acceptors (Lipinski definition) is 11. The van der Waals surface area contributed by atoms with E-state index in [1.807, 2.05) is 18.7 Å². The SMILES string of the molecule is [B][P+]1(O)OCC2OC(N3C4=C(NC3N(CC)CC)C(N)N=CN4)C(O)[C@@H]2O1. The van der Waals surface area contributed by atoms with Crippen molar-refractivity contribution in [1.29, 1.82) is 0 Å². The zero-order valence-electron chi connectivity index (χ0n) is 15.2. The monoisotopic (exact) mass is 399 g/mol. The molecule has 4 rings (SSSR count). The highest BCUT2D eigenvalue weighted by molar-refractivity contribution is 7.85. The van der Waals surface area contributed by atoms with E-state index in [1.165, 1.54) is 6.34 Å². The Morgan fingerprint density at radius 2 is 2.22 bits per heavy atom. The molecule has 0 aromatic rings. The largest absolute Gasteiger partial charge is 0.488 e. The number of nitrogens with two attached hydrogens (primary N) is 1. The fourth-order valence-electron chi connectivity index (χ4n) is 3.87. The van der Waals surface area contributed by atoms with E-state index in [-0.39, 0.29) is 12.9 Å². The summed E-state index contributed by atoms with van der Waals surface area (Å²) in [4.78, 5) is 18.1. The summed E-state index contributed by atoms with van der Waals surface area (Å²) >= 11 is 0. The van der Waals surface area contributed by atoms with Crippen molar-refractivity contribution in [3.8, 4) is 0 Å². The third-order valence-corrected chi connectivity index (χ3v) is 6.30. The van der Waals surface area contributed by atoms with Gasteiger partial charge in [-0.2, -0.15) is 9.05 Å². The Kier molecular flexibility index (Phi) is 5.11. The molecule has 0 amide bonds. The van der Waals surface area contributed by atoms with Crippen LogP contribution in [0.25, 0.3) is 0 Å². The molecule has 2 fully saturated rings. The Balaban J connectivity index is 1.64. The Hall–Kier alpha value is -0.975. The molecule has 6 unspecified atom stereocenters. The van der Waals surface area contributed by atoms with Crippen LogP contribution in [0, 0.1) is 0 Å². The molecule has 2 radical (unpaired) electrons. The number of rotatable bonds is 4. The summed E-state index contributed by atoms with van der Waals surface area (Å²) in [5.74, 6) is 0.691. The highest BCUT2D eigenvalue weighted by Gasteiger charge is 2.59. The maximum Gasteiger partial charge on any atom is 0.488 e. The van der Waals surface area contributed by atoms with Gasteiger partial charge in [0.25, 0.3) is 0 Å². The molecule has 4 heterocycles. The first kappa shape index (κ1) is 19.3. The highest BCUT2D eigenvalue weighted by Crippen LogP contribution is 2.58. The first-order chi connectivity index (χ1) is 12.9. The lowest BCUT2D eigenvalue weighted by molar-refractivity contribution is -0.120. The van der Waals surface area contributed by atoms with Crippen molar-refractivity contribution in [2.24, 2.45) is 10.7 Å². The number of nitrogens with one attached hydrogen (secondary N) is 2. The van der Waals surface area contributed by atoms with Crippen molar-refractivity contribution in [3.05, 3.63) is 11.5 Å². The second-order valence-corrected chi connectivity index (χ2v) is 8.36. The van der Waals surface area contributed by atoms with E-state index in [4.69, 9.17) is 27.1 Å². The molecule has 2 saturated heterocycles. The van der Waals surface area contributed by atoms with Crippen molar-refractivity contribution < 1.29 is 23.8 Å². The molecule has 13 heteroatoms. The van der Waals surface area contributed by atoms with Crippen LogP contribution in [0.4, 0.5) is 0 Å². The molecule has 0 aromatic carbocycles. The minimum absolute atomic E-state index is 0.0521. The first-order valence-corrected chi connectivity index (χ1v) is 10.6. The molecule has 0 spiro atoms. The standard InChI is InChI=1S/C14H25BN6O5P/c1-3-20(4-2)14-19-8-11(16)17-6-18-12(8)21(14)13-9(22)10-7(25-13)5-24-27(15,23)26-10/h6-7,9-11,13-14,19,22-23H,3-5,16H2,1-2H3,(H,17,18)/q+1/t7?,9?,10-,11?,13?,14?,27?/m1/s1. The van der Waals surface area contributed by atoms with Gasteiger partial charge in [0.05, 0.1) is 12.0 Å². The Bertz CT molecular complexity index is 649. The molecule has 0 bridgehead atoms. The molecule has 4 aliphatic heterocycles. The normalized spacial score (nSPS) is 43.6. The van der Waals surface area contributed by atoms with E-state index in [2.05, 4.69) is 20.5 Å². The van der Waals surface area contributed by atoms with Crippen LogP contribution in [0.5, 0.6) is 0 Å². The van der Waals surface area contributed by atoms with Gasteiger partial charge in [0, 0.05) is 0 Å². The van der Waals surface area contributed by atoms with E-state index >= 15 is 0 Å². The molecule has 148 valence electrons. The number of hydrogen-bond donors (Lipinski definition) is 5. The first-order valence-electron chi connectivity index (χ1n) is 9.00. The van der Waals surface area contributed by atoms with Crippen LogP contribution in [0.15, 0.2) is 16.5 Å². The van der Waals surface area contributed by atoms with Gasteiger partial charge >= 0.3 is 15.4 Å². The number of fused-ring (bicyclic) bond motifs is 1. The number of aliphatic imine (C=N–C) groups is 1. The van der Waals surface area contributed by atoms with Crippen LogP contribution in [-0.4, -0.2) is 90.4 Å². The second-order valence-electron chi connectivity index (χ2n) is 6.76. The molecule has 0 aromatic heterocycles. The molecule has 6 N–H and O–H groups in total. The summed E-state index contributed by atoms with van der Waals surface area (Å²) in [6.07, 6.45) is -2.42. The molecule has 0 aliphatic carbocycles. The number of aliphatic hydroxyl groups is 1. The maximum atomic E-state index is 10.9. The summed E-state index contributed by atoms with van der Waals surface area (Å²) in [6.45, 7) is 5.68. The predicted molar refractivity (Wildman–Crippen MR) is 98.7 cm³/mol. The van der Waals surface area contributed by atoms with Gasteiger partial charge in [0.15, 0.2) is 18.6 Å². The third kappa shape index (κ3) is 3.24. The zero-order valence-corrected chi connectivity index (χ0v) is 16.1. The molecule has 7 atom stereocenters. The van der Waals surface area contributed by atoms with Crippen molar-refractivity contribution in [3.63, 3.8) is 0 Å². The van der Waals surface area contributed by atoms with Gasteiger partial charge < -0.3 is 26.2 Å². The van der Waals surface area contributed by atoms with Crippen LogP contribution >= 0.6 is 7.82 Å². The fourth-order valence-corrected chi connectivity index (χ4v) is 4.90. The van der Waals surface area contributed by atoms with Crippen LogP contribution in [0.1, 0.15) is 13.8 Å². The lowest BCUT2D eigenvalue weighted by Crippen LogP contribution is -2.58. The Morgan fingerprint density at radius 3 is 2.93 bits per heavy atom. The van der Waals surface area contributed by atoms with E-state index in [0.29, 0.717) is 5.82 Å². The third-order valence-electron chi connectivity index (χ3n) is 5.23. The van der Waals surface area contributed by atoms with Gasteiger partial charge in [-0.3, -0.25) is 14.8 Å². The van der Waals surface area contributed by atoms with Gasteiger partial charge in [-0.25, -0.2) is 4.89 Å². The average molecular weight is 399 g/mol. The van der Waals surface area contributed by atoms with E-state index < -0.39 is 38.5 Å².